The van der Waals surface area contributed by atoms with E-state index in [0.717, 1.165) is 28.2 Å². The van der Waals surface area contributed by atoms with E-state index in [1.54, 1.807) is 11.3 Å². The monoisotopic (exact) mass is 439 g/mol. The summed E-state index contributed by atoms with van der Waals surface area (Å²) in [7, 11) is -3.14. The number of carbonyl (C=O) groups excluding carboxylic acids is 3. The number of urea groups is 1. The molecule has 29 heavy (non-hydrogen) atoms. The fraction of sp³-hybridized carbons (Fsp3) is 0.632. The van der Waals surface area contributed by atoms with Crippen molar-refractivity contribution in [2.24, 2.45) is 0 Å². The van der Waals surface area contributed by atoms with Crippen LogP contribution in [0.2, 0.25) is 0 Å². The number of hydrogen-bond acceptors (Lipinski definition) is 6. The van der Waals surface area contributed by atoms with Gasteiger partial charge in [0.1, 0.15) is 12.1 Å². The summed E-state index contributed by atoms with van der Waals surface area (Å²) in [5.74, 6) is -0.749. The van der Waals surface area contributed by atoms with E-state index in [-0.39, 0.29) is 35.9 Å². The van der Waals surface area contributed by atoms with Gasteiger partial charge in [-0.25, -0.2) is 13.2 Å². The van der Waals surface area contributed by atoms with Crippen molar-refractivity contribution < 1.29 is 22.8 Å². The van der Waals surface area contributed by atoms with Gasteiger partial charge >= 0.3 is 6.03 Å². The number of fused-ring (bicyclic) bond motifs is 2. The largest absolute Gasteiger partial charge is 0.337 e. The fourth-order valence-corrected chi connectivity index (χ4v) is 7.41. The second kappa shape index (κ2) is 7.39. The Labute approximate surface area is 174 Å². The van der Waals surface area contributed by atoms with E-state index in [0.29, 0.717) is 25.8 Å². The Hall–Kier alpha value is -1.94. The highest BCUT2D eigenvalue weighted by Gasteiger charge is 2.55. The van der Waals surface area contributed by atoms with Gasteiger partial charge in [-0.3, -0.25) is 14.5 Å². The first-order valence-corrected chi connectivity index (χ1v) is 12.7. The highest BCUT2D eigenvalue weighted by Crippen LogP contribution is 2.42. The summed E-state index contributed by atoms with van der Waals surface area (Å²) in [6, 6.07) is 0.938. The molecule has 3 heterocycles. The molecular weight excluding hydrogens is 414 g/mol. The summed E-state index contributed by atoms with van der Waals surface area (Å²) >= 11 is 1.58. The van der Waals surface area contributed by atoms with Crippen LogP contribution < -0.4 is 5.32 Å². The topological polar surface area (TPSA) is 104 Å². The number of rotatable bonds is 5. The Kier molecular flexibility index (Phi) is 5.18. The van der Waals surface area contributed by atoms with Crippen molar-refractivity contribution in [3.05, 3.63) is 21.9 Å². The van der Waals surface area contributed by atoms with Crippen molar-refractivity contribution in [2.45, 2.75) is 50.6 Å². The number of nitrogens with one attached hydrogen (secondary N) is 1. The molecule has 4 rings (SSSR count). The molecule has 10 heteroatoms. The van der Waals surface area contributed by atoms with Crippen LogP contribution in [0.25, 0.3) is 0 Å². The lowest BCUT2D eigenvalue weighted by molar-refractivity contribution is -0.140. The molecule has 1 spiro atoms. The first-order valence-electron chi connectivity index (χ1n) is 9.98. The van der Waals surface area contributed by atoms with Gasteiger partial charge in [0.15, 0.2) is 9.84 Å². The van der Waals surface area contributed by atoms with Crippen molar-refractivity contribution in [2.75, 3.05) is 24.6 Å². The number of nitrogens with zero attached hydrogens (tertiary/aromatic N) is 2. The lowest BCUT2D eigenvalue weighted by Gasteiger charge is -2.32. The number of thiophene rings is 1. The average molecular weight is 440 g/mol. The minimum Gasteiger partial charge on any atom is -0.337 e. The number of imide groups is 1. The first kappa shape index (κ1) is 20.3. The third kappa shape index (κ3) is 3.46. The maximum absolute atomic E-state index is 13.3. The number of amides is 4. The van der Waals surface area contributed by atoms with Crippen LogP contribution in [0.3, 0.4) is 0 Å². The van der Waals surface area contributed by atoms with Crippen molar-refractivity contribution in [3.63, 3.8) is 0 Å². The Bertz CT molecular complexity index is 957. The zero-order valence-electron chi connectivity index (χ0n) is 16.3. The third-order valence-electron chi connectivity index (χ3n) is 6.06. The summed E-state index contributed by atoms with van der Waals surface area (Å²) in [5, 5.41) is 4.77. The van der Waals surface area contributed by atoms with Crippen molar-refractivity contribution >= 4 is 39.0 Å². The molecule has 1 aliphatic carbocycles. The molecule has 2 saturated heterocycles. The summed E-state index contributed by atoms with van der Waals surface area (Å²) in [6.07, 6.45) is 3.27. The fourth-order valence-electron chi connectivity index (χ4n) is 4.68. The van der Waals surface area contributed by atoms with Gasteiger partial charge in [0.25, 0.3) is 5.91 Å². The number of hydrogen-bond donors (Lipinski definition) is 1. The molecule has 0 aromatic carbocycles. The van der Waals surface area contributed by atoms with Gasteiger partial charge < -0.3 is 10.2 Å². The van der Waals surface area contributed by atoms with E-state index < -0.39 is 21.4 Å². The van der Waals surface area contributed by atoms with Gasteiger partial charge in [-0.15, -0.1) is 11.3 Å². The van der Waals surface area contributed by atoms with Crippen molar-refractivity contribution in [1.82, 2.24) is 15.1 Å². The Morgan fingerprint density at radius 2 is 2.21 bits per heavy atom. The lowest BCUT2D eigenvalue weighted by Crippen LogP contribution is -2.49. The Morgan fingerprint density at radius 3 is 2.90 bits per heavy atom. The van der Waals surface area contributed by atoms with Crippen LogP contribution in [0.15, 0.2) is 11.4 Å². The molecule has 1 N–H and O–H groups in total. The predicted molar refractivity (Wildman–Crippen MR) is 108 cm³/mol. The standard InChI is InChI=1S/C19H25N3O5S2/c1-2-8-21(13-6-10-29(26,27)12-13)16(23)11-22-17(24)19(20-18(22)25)7-3-4-15-14(19)5-9-28-15/h5,9,13H,2-4,6-8,10-12H2,1H3,(H,20,25). The zero-order chi connectivity index (χ0) is 20.8. The van der Waals surface area contributed by atoms with E-state index in [1.807, 2.05) is 18.4 Å². The minimum atomic E-state index is -3.14. The van der Waals surface area contributed by atoms with Crippen LogP contribution in [-0.4, -0.2) is 66.7 Å². The van der Waals surface area contributed by atoms with Crippen LogP contribution in [0, 0.1) is 0 Å². The second-order valence-corrected chi connectivity index (χ2v) is 11.2. The smallest absolute Gasteiger partial charge is 0.325 e. The molecule has 4 amide bonds. The highest BCUT2D eigenvalue weighted by molar-refractivity contribution is 7.91. The quantitative estimate of drug-likeness (QED) is 0.696. The van der Waals surface area contributed by atoms with Gasteiger partial charge in [0.05, 0.1) is 11.5 Å². The SMILES string of the molecule is CCCN(C(=O)CN1C(=O)NC2(CCCc3sccc32)C1=O)C1CCS(=O)(=O)C1. The van der Waals surface area contributed by atoms with E-state index in [4.69, 9.17) is 0 Å². The molecule has 8 nitrogen and oxygen atoms in total. The summed E-state index contributed by atoms with van der Waals surface area (Å²) in [6.45, 7) is 1.96. The van der Waals surface area contributed by atoms with E-state index in [2.05, 4.69) is 5.32 Å². The maximum atomic E-state index is 13.3. The Balaban J connectivity index is 1.54. The van der Waals surface area contributed by atoms with E-state index in [9.17, 15) is 22.8 Å². The third-order valence-corrected chi connectivity index (χ3v) is 8.80. The lowest BCUT2D eigenvalue weighted by atomic mass is 9.80. The molecule has 0 bridgehead atoms. The van der Waals surface area contributed by atoms with Crippen LogP contribution in [-0.2, 0) is 31.4 Å². The van der Waals surface area contributed by atoms with Crippen LogP contribution in [0.1, 0.15) is 43.0 Å². The highest BCUT2D eigenvalue weighted by atomic mass is 32.2. The molecule has 2 atom stereocenters. The van der Waals surface area contributed by atoms with E-state index >= 15 is 0 Å². The van der Waals surface area contributed by atoms with Gasteiger partial charge in [-0.1, -0.05) is 6.92 Å². The van der Waals surface area contributed by atoms with Crippen LogP contribution in [0.4, 0.5) is 4.79 Å². The second-order valence-electron chi connectivity index (χ2n) is 7.98. The molecule has 1 aromatic heterocycles. The molecule has 2 aliphatic heterocycles. The molecular formula is C19H25N3O5S2. The van der Waals surface area contributed by atoms with E-state index in [1.165, 1.54) is 4.90 Å². The first-order chi connectivity index (χ1) is 13.8. The molecule has 1 aromatic rings. The predicted octanol–water partition coefficient (Wildman–Crippen LogP) is 1.26. The molecule has 158 valence electrons. The summed E-state index contributed by atoms with van der Waals surface area (Å²) < 4.78 is 23.7. The number of carbonyl (C=O) groups is 3. The summed E-state index contributed by atoms with van der Waals surface area (Å²) in [4.78, 5) is 42.6. The summed E-state index contributed by atoms with van der Waals surface area (Å²) in [5.41, 5.74) is -0.230. The Morgan fingerprint density at radius 1 is 1.41 bits per heavy atom. The van der Waals surface area contributed by atoms with Crippen LogP contribution >= 0.6 is 11.3 Å². The maximum Gasteiger partial charge on any atom is 0.325 e. The van der Waals surface area contributed by atoms with Crippen molar-refractivity contribution in [3.8, 4) is 0 Å². The number of sulfone groups is 1. The molecule has 3 aliphatic rings. The average Bonchev–Trinajstić information content (AvgIpc) is 3.34. The molecule has 0 saturated carbocycles. The minimum absolute atomic E-state index is 0.0545. The van der Waals surface area contributed by atoms with Gasteiger partial charge in [-0.2, -0.15) is 0 Å². The number of aryl methyl sites for hydroxylation is 1. The molecule has 0 radical (unpaired) electrons. The van der Waals surface area contributed by atoms with Gasteiger partial charge in [0, 0.05) is 23.0 Å². The van der Waals surface area contributed by atoms with Crippen molar-refractivity contribution in [1.29, 1.82) is 0 Å². The van der Waals surface area contributed by atoms with Crippen LogP contribution in [0.5, 0.6) is 0 Å². The normalized spacial score (nSPS) is 27.9. The molecule has 2 unspecified atom stereocenters. The van der Waals surface area contributed by atoms with Gasteiger partial charge in [0.2, 0.25) is 5.91 Å². The zero-order valence-corrected chi connectivity index (χ0v) is 18.0. The van der Waals surface area contributed by atoms with Gasteiger partial charge in [-0.05, 0) is 43.6 Å². The molecule has 2 fully saturated rings.